The highest BCUT2D eigenvalue weighted by atomic mass is 79.9. The third kappa shape index (κ3) is 3.65. The topological polar surface area (TPSA) is 32.3 Å². The lowest BCUT2D eigenvalue weighted by Gasteiger charge is -2.34. The molecule has 0 aliphatic carbocycles. The summed E-state index contributed by atoms with van der Waals surface area (Å²) in [6.45, 7) is 5.33. The zero-order chi connectivity index (χ0) is 13.1. The average Bonchev–Trinajstić information content (AvgIpc) is 2.27. The van der Waals surface area contributed by atoms with Crippen LogP contribution in [0.25, 0.3) is 0 Å². The van der Waals surface area contributed by atoms with Gasteiger partial charge < -0.3 is 9.80 Å². The van der Waals surface area contributed by atoms with E-state index in [1.165, 1.54) is 19.4 Å². The van der Waals surface area contributed by atoms with E-state index in [-0.39, 0.29) is 0 Å². The van der Waals surface area contributed by atoms with Gasteiger partial charge in [0.25, 0.3) is 0 Å². The predicted molar refractivity (Wildman–Crippen MR) is 78.0 cm³/mol. The lowest BCUT2D eigenvalue weighted by Crippen LogP contribution is -2.37. The molecule has 18 heavy (non-hydrogen) atoms. The van der Waals surface area contributed by atoms with Crippen molar-refractivity contribution in [1.29, 1.82) is 0 Å². The first-order valence-electron chi connectivity index (χ1n) is 6.45. The monoisotopic (exact) mass is 312 g/mol. The van der Waals surface area contributed by atoms with Crippen LogP contribution in [-0.2, 0) is 0 Å². The quantitative estimate of drug-likeness (QED) is 0.802. The van der Waals surface area contributed by atoms with Crippen LogP contribution in [-0.4, -0.2) is 48.6 Å². The number of aryl methyl sites for hydroxylation is 1. The molecule has 0 unspecified atom stereocenters. The van der Waals surface area contributed by atoms with Crippen molar-refractivity contribution in [3.63, 3.8) is 0 Å². The van der Waals surface area contributed by atoms with Gasteiger partial charge in [-0.1, -0.05) is 0 Å². The van der Waals surface area contributed by atoms with Crippen LogP contribution in [0, 0.1) is 12.8 Å². The van der Waals surface area contributed by atoms with Crippen LogP contribution in [0.1, 0.15) is 18.7 Å². The summed E-state index contributed by atoms with van der Waals surface area (Å²) in [5.74, 6) is 2.70. The third-order valence-corrected chi connectivity index (χ3v) is 3.76. The van der Waals surface area contributed by atoms with E-state index in [4.69, 9.17) is 0 Å². The Kier molecular flexibility index (Phi) is 4.56. The number of hydrogen-bond acceptors (Lipinski definition) is 4. The van der Waals surface area contributed by atoms with Crippen LogP contribution in [0.15, 0.2) is 10.7 Å². The van der Waals surface area contributed by atoms with Gasteiger partial charge in [0.1, 0.15) is 16.2 Å². The summed E-state index contributed by atoms with van der Waals surface area (Å²) in [5, 5.41) is 0. The van der Waals surface area contributed by atoms with E-state index in [0.29, 0.717) is 0 Å². The van der Waals surface area contributed by atoms with Gasteiger partial charge >= 0.3 is 0 Å². The molecule has 2 heterocycles. The molecule has 0 spiro atoms. The highest BCUT2D eigenvalue weighted by molar-refractivity contribution is 9.10. The molecule has 0 radical (unpaired) electrons. The molecule has 0 atom stereocenters. The smallest absolute Gasteiger partial charge is 0.133 e. The molecule has 1 aromatic heterocycles. The standard InChI is InChI=1S/C13H21BrN4/c1-10-15-12(14)8-13(16-10)18-6-4-11(5-7-18)9-17(2)3/h8,11H,4-7,9H2,1-3H3. The van der Waals surface area contributed by atoms with E-state index in [2.05, 4.69) is 49.8 Å². The fourth-order valence-electron chi connectivity index (χ4n) is 2.54. The number of piperidine rings is 1. The largest absolute Gasteiger partial charge is 0.356 e. The van der Waals surface area contributed by atoms with Gasteiger partial charge in [-0.3, -0.25) is 0 Å². The van der Waals surface area contributed by atoms with Crippen molar-refractivity contribution in [2.45, 2.75) is 19.8 Å². The Balaban J connectivity index is 1.96. The first-order chi connectivity index (χ1) is 8.54. The normalized spacial score (nSPS) is 17.5. The van der Waals surface area contributed by atoms with Crippen LogP contribution in [0.3, 0.4) is 0 Å². The minimum absolute atomic E-state index is 0.822. The van der Waals surface area contributed by atoms with Crippen molar-refractivity contribution in [2.24, 2.45) is 5.92 Å². The second kappa shape index (κ2) is 5.97. The summed E-state index contributed by atoms with van der Waals surface area (Å²) in [5.41, 5.74) is 0. The van der Waals surface area contributed by atoms with Crippen molar-refractivity contribution < 1.29 is 0 Å². The highest BCUT2D eigenvalue weighted by Gasteiger charge is 2.20. The van der Waals surface area contributed by atoms with E-state index in [1.807, 2.05) is 13.0 Å². The SMILES string of the molecule is Cc1nc(Br)cc(N2CCC(CN(C)C)CC2)n1. The molecular formula is C13H21BrN4. The van der Waals surface area contributed by atoms with Crippen LogP contribution in [0.4, 0.5) is 5.82 Å². The Labute approximate surface area is 118 Å². The molecule has 100 valence electrons. The van der Waals surface area contributed by atoms with Gasteiger partial charge in [0.15, 0.2) is 0 Å². The molecule has 1 fully saturated rings. The zero-order valence-corrected chi connectivity index (χ0v) is 12.9. The molecule has 0 amide bonds. The van der Waals surface area contributed by atoms with Crippen molar-refractivity contribution >= 4 is 21.7 Å². The van der Waals surface area contributed by atoms with Gasteiger partial charge in [0.2, 0.25) is 0 Å². The summed E-state index contributed by atoms with van der Waals surface area (Å²) >= 11 is 3.44. The summed E-state index contributed by atoms with van der Waals surface area (Å²) in [6, 6.07) is 2.01. The maximum Gasteiger partial charge on any atom is 0.133 e. The fourth-order valence-corrected chi connectivity index (χ4v) is 3.00. The van der Waals surface area contributed by atoms with Crippen molar-refractivity contribution in [2.75, 3.05) is 38.6 Å². The number of halogens is 1. The predicted octanol–water partition coefficient (Wildman–Crippen LogP) is 2.33. The summed E-state index contributed by atoms with van der Waals surface area (Å²) in [7, 11) is 4.30. The molecule has 4 nitrogen and oxygen atoms in total. The maximum absolute atomic E-state index is 4.52. The average molecular weight is 313 g/mol. The van der Waals surface area contributed by atoms with Gasteiger partial charge in [0, 0.05) is 25.7 Å². The van der Waals surface area contributed by atoms with Gasteiger partial charge in [-0.2, -0.15) is 0 Å². The lowest BCUT2D eigenvalue weighted by molar-refractivity contribution is 0.284. The summed E-state index contributed by atoms with van der Waals surface area (Å²) < 4.78 is 0.875. The van der Waals surface area contributed by atoms with Gasteiger partial charge in [-0.05, 0) is 55.7 Å². The number of nitrogens with zero attached hydrogens (tertiary/aromatic N) is 4. The molecule has 1 aliphatic rings. The Morgan fingerprint density at radius 3 is 2.56 bits per heavy atom. The molecule has 2 rings (SSSR count). The minimum atomic E-state index is 0.822. The van der Waals surface area contributed by atoms with Crippen molar-refractivity contribution in [3.05, 3.63) is 16.5 Å². The number of rotatable bonds is 3. The summed E-state index contributed by atoms with van der Waals surface area (Å²) in [6.07, 6.45) is 2.50. The Morgan fingerprint density at radius 2 is 2.00 bits per heavy atom. The van der Waals surface area contributed by atoms with Gasteiger partial charge in [0.05, 0.1) is 0 Å². The summed E-state index contributed by atoms with van der Waals surface area (Å²) in [4.78, 5) is 13.4. The van der Waals surface area contributed by atoms with Crippen LogP contribution >= 0.6 is 15.9 Å². The third-order valence-electron chi connectivity index (χ3n) is 3.36. The van der Waals surface area contributed by atoms with E-state index in [1.54, 1.807) is 0 Å². The first kappa shape index (κ1) is 13.7. The number of anilines is 1. The molecule has 0 saturated carbocycles. The molecule has 0 N–H and O–H groups in total. The Bertz CT molecular complexity index is 380. The van der Waals surface area contributed by atoms with Crippen LogP contribution in [0.5, 0.6) is 0 Å². The molecule has 1 saturated heterocycles. The molecule has 1 aliphatic heterocycles. The van der Waals surface area contributed by atoms with Crippen LogP contribution in [0.2, 0.25) is 0 Å². The van der Waals surface area contributed by atoms with E-state index >= 15 is 0 Å². The van der Waals surface area contributed by atoms with Gasteiger partial charge in [-0.15, -0.1) is 0 Å². The zero-order valence-electron chi connectivity index (χ0n) is 11.4. The minimum Gasteiger partial charge on any atom is -0.356 e. The second-order valence-electron chi connectivity index (χ2n) is 5.29. The molecule has 0 aromatic carbocycles. The molecule has 5 heteroatoms. The molecule has 0 bridgehead atoms. The Hall–Kier alpha value is -0.680. The van der Waals surface area contributed by atoms with E-state index in [9.17, 15) is 0 Å². The van der Waals surface area contributed by atoms with E-state index in [0.717, 1.165) is 35.3 Å². The van der Waals surface area contributed by atoms with Crippen LogP contribution < -0.4 is 4.90 Å². The second-order valence-corrected chi connectivity index (χ2v) is 6.10. The van der Waals surface area contributed by atoms with Gasteiger partial charge in [-0.25, -0.2) is 9.97 Å². The first-order valence-corrected chi connectivity index (χ1v) is 7.25. The molecule has 1 aromatic rings. The fraction of sp³-hybridized carbons (Fsp3) is 0.692. The number of aromatic nitrogens is 2. The highest BCUT2D eigenvalue weighted by Crippen LogP contribution is 2.23. The van der Waals surface area contributed by atoms with Crippen molar-refractivity contribution in [3.8, 4) is 0 Å². The maximum atomic E-state index is 4.52. The Morgan fingerprint density at radius 1 is 1.33 bits per heavy atom. The number of hydrogen-bond donors (Lipinski definition) is 0. The van der Waals surface area contributed by atoms with Crippen molar-refractivity contribution in [1.82, 2.24) is 14.9 Å². The lowest BCUT2D eigenvalue weighted by atomic mass is 9.96. The molecular weight excluding hydrogens is 292 g/mol. The van der Waals surface area contributed by atoms with E-state index < -0.39 is 0 Å².